The Hall–Kier alpha value is -3.56. The molecule has 4 rings (SSSR count). The highest BCUT2D eigenvalue weighted by atomic mass is 127. The number of halogens is 1. The second-order valence-corrected chi connectivity index (χ2v) is 8.90. The number of benzene rings is 1. The van der Waals surface area contributed by atoms with Crippen molar-refractivity contribution in [2.45, 2.75) is 12.5 Å². The highest BCUT2D eigenvalue weighted by molar-refractivity contribution is 14.1. The number of hydrogen-bond acceptors (Lipinski definition) is 11. The zero-order chi connectivity index (χ0) is 26.9. The fraction of sp³-hybridized carbons (Fsp3) is 0.320. The normalized spacial score (nSPS) is 14.0. The van der Waals surface area contributed by atoms with E-state index in [1.54, 1.807) is 24.5 Å². The van der Waals surface area contributed by atoms with Gasteiger partial charge in [0.2, 0.25) is 0 Å². The Labute approximate surface area is 233 Å². The first-order valence-corrected chi connectivity index (χ1v) is 13.0. The van der Waals surface area contributed by atoms with Crippen LogP contribution in [-0.4, -0.2) is 72.9 Å². The van der Waals surface area contributed by atoms with E-state index in [0.29, 0.717) is 56.5 Å². The summed E-state index contributed by atoms with van der Waals surface area (Å²) >= 11 is 1.91. The highest BCUT2D eigenvalue weighted by Crippen LogP contribution is 2.27. The van der Waals surface area contributed by atoms with Crippen LogP contribution in [0, 0.1) is 0 Å². The molecule has 38 heavy (non-hydrogen) atoms. The standard InChI is InChI=1S/C25H28IN7O5/c1-36-25(35)18(32-26)7-11-38-17-4-2-16(3-5-17)19-15-29-23(27)22(30-19)24(34)31-20-14-28-8-6-21(20)33-9-12-37-13-10-33/h2-6,8,14-15,18,32H,7,9-13H2,1H3,(H2,27,29)(H,31,34)/t18-/m0/s1. The van der Waals surface area contributed by atoms with Crippen LogP contribution in [-0.2, 0) is 14.3 Å². The largest absolute Gasteiger partial charge is 0.494 e. The van der Waals surface area contributed by atoms with Crippen molar-refractivity contribution < 1.29 is 23.8 Å². The summed E-state index contributed by atoms with van der Waals surface area (Å²) in [6, 6.07) is 8.58. The minimum absolute atomic E-state index is 0.0137. The molecule has 1 fully saturated rings. The third kappa shape index (κ3) is 6.85. The molecule has 12 nitrogen and oxygen atoms in total. The maximum Gasteiger partial charge on any atom is 0.323 e. The van der Waals surface area contributed by atoms with Crippen LogP contribution in [0.2, 0.25) is 0 Å². The minimum Gasteiger partial charge on any atom is -0.494 e. The van der Waals surface area contributed by atoms with E-state index in [9.17, 15) is 9.59 Å². The highest BCUT2D eigenvalue weighted by Gasteiger charge is 2.20. The van der Waals surface area contributed by atoms with E-state index in [4.69, 9.17) is 19.9 Å². The van der Waals surface area contributed by atoms with Gasteiger partial charge < -0.3 is 30.2 Å². The molecule has 1 aliphatic heterocycles. The van der Waals surface area contributed by atoms with Crippen LogP contribution in [0.15, 0.2) is 48.9 Å². The van der Waals surface area contributed by atoms with Crippen molar-refractivity contribution in [3.05, 3.63) is 54.6 Å². The van der Waals surface area contributed by atoms with Crippen LogP contribution in [0.25, 0.3) is 11.3 Å². The van der Waals surface area contributed by atoms with E-state index >= 15 is 0 Å². The zero-order valence-electron chi connectivity index (χ0n) is 20.7. The van der Waals surface area contributed by atoms with Crippen LogP contribution in [0.1, 0.15) is 16.9 Å². The lowest BCUT2D eigenvalue weighted by Crippen LogP contribution is -2.36. The van der Waals surface area contributed by atoms with Gasteiger partial charge in [-0.3, -0.25) is 14.6 Å². The summed E-state index contributed by atoms with van der Waals surface area (Å²) in [6.07, 6.45) is 5.24. The average Bonchev–Trinajstić information content (AvgIpc) is 2.96. The number of nitrogens with one attached hydrogen (secondary N) is 2. The van der Waals surface area contributed by atoms with Crippen molar-refractivity contribution in [2.24, 2.45) is 0 Å². The van der Waals surface area contributed by atoms with Gasteiger partial charge in [0.1, 0.15) is 11.8 Å². The monoisotopic (exact) mass is 633 g/mol. The van der Waals surface area contributed by atoms with E-state index in [1.807, 2.05) is 41.1 Å². The molecule has 1 atom stereocenters. The number of carbonyl (C=O) groups excluding carboxylic acids is 2. The first-order chi connectivity index (χ1) is 18.5. The summed E-state index contributed by atoms with van der Waals surface area (Å²) in [5, 5.41) is 2.88. The number of pyridine rings is 1. The fourth-order valence-electron chi connectivity index (χ4n) is 3.83. The molecule has 13 heteroatoms. The number of nitrogens with zero attached hydrogens (tertiary/aromatic N) is 4. The number of nitrogen functional groups attached to an aromatic ring is 1. The minimum atomic E-state index is -0.483. The number of anilines is 3. The summed E-state index contributed by atoms with van der Waals surface area (Å²) in [7, 11) is 1.35. The maximum absolute atomic E-state index is 13.2. The van der Waals surface area contributed by atoms with E-state index in [0.717, 1.165) is 11.3 Å². The molecule has 0 aliphatic carbocycles. The van der Waals surface area contributed by atoms with Crippen molar-refractivity contribution in [1.29, 1.82) is 0 Å². The molecular weight excluding hydrogens is 605 g/mol. The second-order valence-electron chi connectivity index (χ2n) is 8.28. The Morgan fingerprint density at radius 3 is 2.66 bits per heavy atom. The third-order valence-corrected chi connectivity index (χ3v) is 6.61. The van der Waals surface area contributed by atoms with Crippen molar-refractivity contribution in [3.8, 4) is 17.0 Å². The van der Waals surface area contributed by atoms with Gasteiger partial charge in [0.15, 0.2) is 11.5 Å². The van der Waals surface area contributed by atoms with Gasteiger partial charge in [0.05, 0.1) is 56.4 Å². The quantitative estimate of drug-likeness (QED) is 0.171. The lowest BCUT2D eigenvalue weighted by atomic mass is 10.1. The van der Waals surface area contributed by atoms with Crippen LogP contribution >= 0.6 is 22.9 Å². The molecule has 1 amide bonds. The van der Waals surface area contributed by atoms with Crippen molar-refractivity contribution >= 4 is 51.9 Å². The van der Waals surface area contributed by atoms with Gasteiger partial charge >= 0.3 is 5.97 Å². The van der Waals surface area contributed by atoms with Gasteiger partial charge in [-0.2, -0.15) is 0 Å². The van der Waals surface area contributed by atoms with E-state index in [1.165, 1.54) is 13.3 Å². The molecule has 200 valence electrons. The van der Waals surface area contributed by atoms with Crippen LogP contribution < -0.4 is 24.2 Å². The van der Waals surface area contributed by atoms with Gasteiger partial charge in [0, 0.05) is 54.1 Å². The van der Waals surface area contributed by atoms with Crippen molar-refractivity contribution in [2.75, 3.05) is 56.0 Å². The van der Waals surface area contributed by atoms with E-state index in [-0.39, 0.29) is 17.5 Å². The molecule has 0 radical (unpaired) electrons. The summed E-state index contributed by atoms with van der Waals surface area (Å²) in [5.74, 6) is -0.184. The van der Waals surface area contributed by atoms with Crippen LogP contribution in [0.4, 0.5) is 17.2 Å². The number of hydrogen-bond donors (Lipinski definition) is 3. The number of carbonyl (C=O) groups is 2. The second kappa shape index (κ2) is 13.3. The number of nitrogens with two attached hydrogens (primary N) is 1. The summed E-state index contributed by atoms with van der Waals surface area (Å²) in [6.45, 7) is 2.98. The van der Waals surface area contributed by atoms with E-state index < -0.39 is 11.9 Å². The van der Waals surface area contributed by atoms with Crippen molar-refractivity contribution in [3.63, 3.8) is 0 Å². The number of morpholine rings is 1. The third-order valence-electron chi connectivity index (χ3n) is 5.86. The Balaban J connectivity index is 1.44. The molecule has 1 aliphatic rings. The average molecular weight is 633 g/mol. The Bertz CT molecular complexity index is 1260. The molecule has 1 saturated heterocycles. The lowest BCUT2D eigenvalue weighted by molar-refractivity contribution is -0.142. The maximum atomic E-state index is 13.2. The molecule has 3 heterocycles. The molecule has 4 N–H and O–H groups in total. The van der Waals surface area contributed by atoms with Crippen LogP contribution in [0.3, 0.4) is 0 Å². The number of aromatic nitrogens is 3. The lowest BCUT2D eigenvalue weighted by Gasteiger charge is -2.30. The number of amides is 1. The van der Waals surface area contributed by atoms with Crippen LogP contribution in [0.5, 0.6) is 5.75 Å². The number of esters is 1. The number of ether oxygens (including phenoxy) is 3. The Morgan fingerprint density at radius 1 is 1.18 bits per heavy atom. The molecular formula is C25H28IN7O5. The molecule has 2 aromatic heterocycles. The fourth-order valence-corrected chi connectivity index (χ4v) is 4.39. The first-order valence-electron chi connectivity index (χ1n) is 11.9. The predicted octanol–water partition coefficient (Wildman–Crippen LogP) is 2.46. The van der Waals surface area contributed by atoms with Crippen molar-refractivity contribution in [1.82, 2.24) is 18.5 Å². The number of methoxy groups -OCH3 is 1. The summed E-state index contributed by atoms with van der Waals surface area (Å²) < 4.78 is 18.8. The SMILES string of the molecule is COC(=O)[C@H](CCOc1ccc(-c2cnc(N)c(C(=O)Nc3cnccc3N3CCOCC3)n2)cc1)NI. The van der Waals surface area contributed by atoms with Gasteiger partial charge in [-0.1, -0.05) is 0 Å². The molecule has 0 saturated carbocycles. The van der Waals surface area contributed by atoms with Gasteiger partial charge in [-0.05, 0) is 30.3 Å². The predicted molar refractivity (Wildman–Crippen MR) is 150 cm³/mol. The Kier molecular flexibility index (Phi) is 9.62. The molecule has 1 aromatic carbocycles. The molecule has 0 bridgehead atoms. The summed E-state index contributed by atoms with van der Waals surface area (Å²) in [4.78, 5) is 39.8. The number of rotatable bonds is 10. The zero-order valence-corrected chi connectivity index (χ0v) is 22.9. The molecule has 3 aromatic rings. The first kappa shape index (κ1) is 27.5. The van der Waals surface area contributed by atoms with Gasteiger partial charge in [-0.25, -0.2) is 13.5 Å². The Morgan fingerprint density at radius 2 is 1.95 bits per heavy atom. The summed E-state index contributed by atoms with van der Waals surface area (Å²) in [5.41, 5.74) is 8.65. The van der Waals surface area contributed by atoms with Gasteiger partial charge in [0.25, 0.3) is 5.91 Å². The van der Waals surface area contributed by atoms with Gasteiger partial charge in [-0.15, -0.1) is 0 Å². The molecule has 0 spiro atoms. The molecule has 0 unspecified atom stereocenters. The van der Waals surface area contributed by atoms with E-state index in [2.05, 4.69) is 28.7 Å². The topological polar surface area (TPSA) is 154 Å². The smallest absolute Gasteiger partial charge is 0.323 e.